The second kappa shape index (κ2) is 8.82. The number of aliphatic imine (C=N–C) groups is 1. The number of methoxy groups -OCH3 is 2. The van der Waals surface area contributed by atoms with Gasteiger partial charge in [0.05, 0.1) is 14.2 Å². The van der Waals surface area contributed by atoms with Crippen molar-refractivity contribution in [2.75, 3.05) is 21.3 Å². The molecular formula is C19H25N3O3. The minimum Gasteiger partial charge on any atom is -0.502 e. The number of guanidine groups is 1. The third-order valence-corrected chi connectivity index (χ3v) is 3.80. The van der Waals surface area contributed by atoms with Gasteiger partial charge in [-0.05, 0) is 30.2 Å². The van der Waals surface area contributed by atoms with Crippen LogP contribution in [0.15, 0.2) is 41.4 Å². The fourth-order valence-corrected chi connectivity index (χ4v) is 2.35. The largest absolute Gasteiger partial charge is 0.502 e. The Morgan fingerprint density at radius 1 is 0.960 bits per heavy atom. The molecule has 0 aromatic heterocycles. The molecule has 3 N–H and O–H groups in total. The molecule has 0 atom stereocenters. The molecule has 25 heavy (non-hydrogen) atoms. The van der Waals surface area contributed by atoms with Crippen LogP contribution in [0.2, 0.25) is 0 Å². The van der Waals surface area contributed by atoms with Crippen LogP contribution < -0.4 is 20.1 Å². The lowest BCUT2D eigenvalue weighted by Gasteiger charge is -2.14. The Morgan fingerprint density at radius 3 is 1.96 bits per heavy atom. The maximum Gasteiger partial charge on any atom is 0.200 e. The normalized spacial score (nSPS) is 11.1. The smallest absolute Gasteiger partial charge is 0.200 e. The third-order valence-electron chi connectivity index (χ3n) is 3.80. The van der Waals surface area contributed by atoms with E-state index in [1.807, 2.05) is 0 Å². The molecule has 0 heterocycles. The van der Waals surface area contributed by atoms with E-state index in [1.54, 1.807) is 19.2 Å². The van der Waals surface area contributed by atoms with Crippen molar-refractivity contribution in [2.45, 2.75) is 20.0 Å². The van der Waals surface area contributed by atoms with E-state index >= 15 is 0 Å². The quantitative estimate of drug-likeness (QED) is 0.555. The molecule has 0 bridgehead atoms. The van der Waals surface area contributed by atoms with Gasteiger partial charge in [0, 0.05) is 20.1 Å². The first kappa shape index (κ1) is 18.4. The number of phenolic OH excluding ortho intramolecular Hbond substituents is 1. The predicted octanol–water partition coefficient (Wildman–Crippen LogP) is 2.58. The van der Waals surface area contributed by atoms with Gasteiger partial charge in [0.1, 0.15) is 0 Å². The molecule has 0 radical (unpaired) electrons. The van der Waals surface area contributed by atoms with Crippen LogP contribution >= 0.6 is 0 Å². The Hall–Kier alpha value is -2.89. The first-order valence-electron chi connectivity index (χ1n) is 8.01. The summed E-state index contributed by atoms with van der Waals surface area (Å²) < 4.78 is 10.3. The van der Waals surface area contributed by atoms with Gasteiger partial charge in [-0.1, -0.05) is 29.8 Å². The molecule has 0 saturated carbocycles. The molecule has 2 aromatic carbocycles. The first-order valence-corrected chi connectivity index (χ1v) is 8.01. The summed E-state index contributed by atoms with van der Waals surface area (Å²) in [5.41, 5.74) is 3.33. The van der Waals surface area contributed by atoms with Crippen LogP contribution in [0.5, 0.6) is 17.2 Å². The topological polar surface area (TPSA) is 75.1 Å². The van der Waals surface area contributed by atoms with Crippen LogP contribution in [-0.2, 0) is 13.1 Å². The van der Waals surface area contributed by atoms with Crippen molar-refractivity contribution in [3.8, 4) is 17.2 Å². The summed E-state index contributed by atoms with van der Waals surface area (Å²) in [6.07, 6.45) is 0. The average molecular weight is 343 g/mol. The number of ether oxygens (including phenoxy) is 2. The van der Waals surface area contributed by atoms with E-state index in [0.29, 0.717) is 30.5 Å². The van der Waals surface area contributed by atoms with E-state index in [9.17, 15) is 5.11 Å². The Bertz CT molecular complexity index is 702. The van der Waals surface area contributed by atoms with Gasteiger partial charge in [-0.25, -0.2) is 0 Å². The molecule has 0 amide bonds. The zero-order valence-corrected chi connectivity index (χ0v) is 15.1. The van der Waals surface area contributed by atoms with Crippen LogP contribution in [0.4, 0.5) is 0 Å². The maximum absolute atomic E-state index is 9.96. The molecule has 0 unspecified atom stereocenters. The van der Waals surface area contributed by atoms with Gasteiger partial charge >= 0.3 is 0 Å². The van der Waals surface area contributed by atoms with Gasteiger partial charge in [0.2, 0.25) is 5.75 Å². The van der Waals surface area contributed by atoms with Gasteiger partial charge in [-0.2, -0.15) is 0 Å². The lowest BCUT2D eigenvalue weighted by molar-refractivity contribution is 0.339. The monoisotopic (exact) mass is 343 g/mol. The molecule has 0 aliphatic rings. The molecule has 6 nitrogen and oxygen atoms in total. The Labute approximate surface area is 148 Å². The van der Waals surface area contributed by atoms with E-state index in [2.05, 4.69) is 46.8 Å². The molecule has 0 spiro atoms. The van der Waals surface area contributed by atoms with E-state index in [0.717, 1.165) is 5.56 Å². The summed E-state index contributed by atoms with van der Waals surface area (Å²) in [6, 6.07) is 11.9. The number of hydrogen-bond acceptors (Lipinski definition) is 4. The minimum absolute atomic E-state index is 0.00405. The zero-order chi connectivity index (χ0) is 18.2. The Kier molecular flexibility index (Phi) is 6.51. The molecule has 0 aliphatic carbocycles. The third kappa shape index (κ3) is 5.04. The number of phenols is 1. The average Bonchev–Trinajstić information content (AvgIpc) is 2.64. The highest BCUT2D eigenvalue weighted by Crippen LogP contribution is 2.36. The second-order valence-electron chi connectivity index (χ2n) is 5.61. The van der Waals surface area contributed by atoms with Crippen LogP contribution in [0.25, 0.3) is 0 Å². The lowest BCUT2D eigenvalue weighted by atomic mass is 10.1. The summed E-state index contributed by atoms with van der Waals surface area (Å²) in [4.78, 5) is 4.22. The Morgan fingerprint density at radius 2 is 1.48 bits per heavy atom. The van der Waals surface area contributed by atoms with Crippen molar-refractivity contribution in [2.24, 2.45) is 4.99 Å². The van der Waals surface area contributed by atoms with E-state index in [-0.39, 0.29) is 5.75 Å². The van der Waals surface area contributed by atoms with Crippen LogP contribution in [0.3, 0.4) is 0 Å². The Balaban J connectivity index is 1.97. The maximum atomic E-state index is 9.96. The fraction of sp³-hybridized carbons (Fsp3) is 0.316. The molecule has 0 aliphatic heterocycles. The number of aryl methyl sites for hydroxylation is 1. The van der Waals surface area contributed by atoms with E-state index in [1.165, 1.54) is 25.3 Å². The van der Waals surface area contributed by atoms with Gasteiger partial charge in [-0.15, -0.1) is 0 Å². The number of hydrogen-bond donors (Lipinski definition) is 3. The van der Waals surface area contributed by atoms with Crippen LogP contribution in [0.1, 0.15) is 16.7 Å². The summed E-state index contributed by atoms with van der Waals surface area (Å²) in [5, 5.41) is 16.5. The predicted molar refractivity (Wildman–Crippen MR) is 99.4 cm³/mol. The summed E-state index contributed by atoms with van der Waals surface area (Å²) >= 11 is 0. The molecular weight excluding hydrogens is 318 g/mol. The molecule has 2 rings (SSSR count). The molecule has 2 aromatic rings. The summed E-state index contributed by atoms with van der Waals surface area (Å²) in [5.74, 6) is 1.43. The molecule has 0 fully saturated rings. The summed E-state index contributed by atoms with van der Waals surface area (Å²) in [7, 11) is 4.74. The standard InChI is InChI=1S/C19H25N3O3/c1-13-5-7-14(8-6-13)11-21-19(20-2)22-12-15-9-16(24-3)18(23)17(10-15)25-4/h5-10,23H,11-12H2,1-4H3,(H2,20,21,22). The molecule has 134 valence electrons. The highest BCUT2D eigenvalue weighted by atomic mass is 16.5. The van der Waals surface area contributed by atoms with Crippen molar-refractivity contribution in [3.05, 3.63) is 53.1 Å². The van der Waals surface area contributed by atoms with Gasteiger partial charge < -0.3 is 25.2 Å². The first-order chi connectivity index (χ1) is 12.1. The van der Waals surface area contributed by atoms with Crippen molar-refractivity contribution in [3.63, 3.8) is 0 Å². The molecule has 0 saturated heterocycles. The molecule has 6 heteroatoms. The van der Waals surface area contributed by atoms with Gasteiger partial charge in [0.25, 0.3) is 0 Å². The van der Waals surface area contributed by atoms with Gasteiger partial charge in [0.15, 0.2) is 17.5 Å². The van der Waals surface area contributed by atoms with Crippen molar-refractivity contribution < 1.29 is 14.6 Å². The SMILES string of the molecule is CN=C(NCc1ccc(C)cc1)NCc1cc(OC)c(O)c(OC)c1. The van der Waals surface area contributed by atoms with Crippen LogP contribution in [0, 0.1) is 6.92 Å². The lowest BCUT2D eigenvalue weighted by Crippen LogP contribution is -2.36. The summed E-state index contributed by atoms with van der Waals surface area (Å²) in [6.45, 7) is 3.26. The number of nitrogens with one attached hydrogen (secondary N) is 2. The highest BCUT2D eigenvalue weighted by Gasteiger charge is 2.11. The van der Waals surface area contributed by atoms with E-state index in [4.69, 9.17) is 9.47 Å². The van der Waals surface area contributed by atoms with Crippen LogP contribution in [-0.4, -0.2) is 32.3 Å². The van der Waals surface area contributed by atoms with Crippen molar-refractivity contribution >= 4 is 5.96 Å². The minimum atomic E-state index is -0.00405. The zero-order valence-electron chi connectivity index (χ0n) is 15.1. The highest BCUT2D eigenvalue weighted by molar-refractivity contribution is 5.79. The fourth-order valence-electron chi connectivity index (χ4n) is 2.35. The number of rotatable bonds is 6. The van der Waals surface area contributed by atoms with Gasteiger partial charge in [-0.3, -0.25) is 4.99 Å². The number of benzene rings is 2. The van der Waals surface area contributed by atoms with E-state index < -0.39 is 0 Å². The van der Waals surface area contributed by atoms with Crippen molar-refractivity contribution in [1.29, 1.82) is 0 Å². The number of aromatic hydroxyl groups is 1. The van der Waals surface area contributed by atoms with Crippen molar-refractivity contribution in [1.82, 2.24) is 10.6 Å². The second-order valence-corrected chi connectivity index (χ2v) is 5.61. The number of nitrogens with zero attached hydrogens (tertiary/aromatic N) is 1.